The first-order chi connectivity index (χ1) is 10.4. The minimum absolute atomic E-state index is 0.0151. The topological polar surface area (TPSA) is 55.8 Å². The van der Waals surface area contributed by atoms with E-state index in [1.54, 1.807) is 0 Å². The molecule has 7 heteroatoms. The van der Waals surface area contributed by atoms with Gasteiger partial charge in [-0.15, -0.1) is 0 Å². The second-order valence-corrected chi connectivity index (χ2v) is 6.08. The van der Waals surface area contributed by atoms with E-state index in [0.717, 1.165) is 12.5 Å². The van der Waals surface area contributed by atoms with Crippen LogP contribution in [0.15, 0.2) is 18.2 Å². The summed E-state index contributed by atoms with van der Waals surface area (Å²) in [6.07, 6.45) is 1.41. The first kappa shape index (κ1) is 15.1. The number of morpholine rings is 1. The number of carbonyl (C=O) groups excluding carboxylic acids is 2. The van der Waals surface area contributed by atoms with Gasteiger partial charge in [0, 0.05) is 12.6 Å². The fourth-order valence-corrected chi connectivity index (χ4v) is 2.89. The summed E-state index contributed by atoms with van der Waals surface area (Å²) in [4.78, 5) is 26.0. The lowest BCUT2D eigenvalue weighted by molar-refractivity contribution is -0.191. The molecule has 2 aliphatic rings. The van der Waals surface area contributed by atoms with Crippen molar-refractivity contribution in [3.63, 3.8) is 0 Å². The lowest BCUT2D eigenvalue weighted by Crippen LogP contribution is -2.61. The molecule has 1 unspecified atom stereocenters. The van der Waals surface area contributed by atoms with E-state index in [0.29, 0.717) is 13.0 Å². The fourth-order valence-electron chi connectivity index (χ4n) is 2.77. The van der Waals surface area contributed by atoms with E-state index in [-0.39, 0.29) is 23.3 Å². The Morgan fingerprint density at radius 3 is 3.00 bits per heavy atom. The maximum absolute atomic E-state index is 13.4. The lowest BCUT2D eigenvalue weighted by Gasteiger charge is -2.39. The van der Waals surface area contributed by atoms with Crippen LogP contribution in [0.2, 0.25) is 5.02 Å². The van der Waals surface area contributed by atoms with Crippen molar-refractivity contribution >= 4 is 23.5 Å². The van der Waals surface area contributed by atoms with Gasteiger partial charge in [0.2, 0.25) is 5.60 Å². The Hall–Kier alpha value is -1.82. The summed E-state index contributed by atoms with van der Waals surface area (Å²) in [5, 5.41) is -0.0151. The Morgan fingerprint density at radius 1 is 1.50 bits per heavy atom. The highest BCUT2D eigenvalue weighted by Gasteiger charge is 2.52. The van der Waals surface area contributed by atoms with Crippen LogP contribution in [0.1, 0.15) is 19.8 Å². The molecule has 2 saturated heterocycles. The number of esters is 1. The molecular formula is C15H15ClFNO4. The number of carbonyl (C=O) groups is 2. The quantitative estimate of drug-likeness (QED) is 0.798. The molecule has 2 fully saturated rings. The van der Waals surface area contributed by atoms with Crippen LogP contribution >= 0.6 is 11.6 Å². The van der Waals surface area contributed by atoms with Crippen LogP contribution < -0.4 is 4.74 Å². The Balaban J connectivity index is 1.74. The molecule has 2 atom stereocenters. The zero-order valence-corrected chi connectivity index (χ0v) is 12.7. The Bertz CT molecular complexity index is 638. The molecule has 2 aliphatic heterocycles. The maximum atomic E-state index is 13.4. The Kier molecular flexibility index (Phi) is 3.72. The number of amides is 1. The van der Waals surface area contributed by atoms with Crippen LogP contribution in [-0.2, 0) is 14.3 Å². The molecule has 0 radical (unpaired) electrons. The number of cyclic esters (lactones) is 1. The fraction of sp³-hybridized carbons (Fsp3) is 0.467. The molecule has 0 aromatic heterocycles. The average Bonchev–Trinajstić information content (AvgIpc) is 2.96. The number of ether oxygens (including phenoxy) is 2. The van der Waals surface area contributed by atoms with Crippen molar-refractivity contribution < 1.29 is 23.5 Å². The van der Waals surface area contributed by atoms with E-state index < -0.39 is 23.4 Å². The van der Waals surface area contributed by atoms with Gasteiger partial charge in [0.05, 0.1) is 5.02 Å². The third-order valence-corrected chi connectivity index (χ3v) is 4.28. The largest absolute Gasteiger partial charge is 0.489 e. The van der Waals surface area contributed by atoms with E-state index in [4.69, 9.17) is 21.1 Å². The molecule has 118 valence electrons. The second-order valence-electron chi connectivity index (χ2n) is 5.67. The van der Waals surface area contributed by atoms with Crippen molar-refractivity contribution in [1.82, 2.24) is 4.90 Å². The number of nitrogens with zero attached hydrogens (tertiary/aromatic N) is 1. The smallest absolute Gasteiger partial charge is 0.330 e. The molecule has 0 spiro atoms. The van der Waals surface area contributed by atoms with Gasteiger partial charge in [0.1, 0.15) is 24.2 Å². The summed E-state index contributed by atoms with van der Waals surface area (Å²) < 4.78 is 24.1. The van der Waals surface area contributed by atoms with Gasteiger partial charge in [0.15, 0.2) is 0 Å². The molecule has 1 aromatic rings. The highest BCUT2D eigenvalue weighted by molar-refractivity contribution is 6.30. The number of fused-ring (bicyclic) bond motifs is 1. The van der Waals surface area contributed by atoms with Crippen molar-refractivity contribution in [3.8, 4) is 5.75 Å². The summed E-state index contributed by atoms with van der Waals surface area (Å²) in [5.41, 5.74) is -1.39. The van der Waals surface area contributed by atoms with Crippen LogP contribution in [0.5, 0.6) is 5.75 Å². The molecule has 2 heterocycles. The lowest BCUT2D eigenvalue weighted by atomic mass is 10.0. The first-order valence-electron chi connectivity index (χ1n) is 7.02. The SMILES string of the molecule is C[C@]1(COc2ccc(Cl)c(F)c2)OC(=O)C2CCCN2C1=O. The number of rotatable bonds is 3. The highest BCUT2D eigenvalue weighted by Crippen LogP contribution is 2.31. The molecule has 0 bridgehead atoms. The van der Waals surface area contributed by atoms with Crippen LogP contribution in [-0.4, -0.2) is 41.6 Å². The van der Waals surface area contributed by atoms with Crippen molar-refractivity contribution in [2.75, 3.05) is 13.2 Å². The van der Waals surface area contributed by atoms with Crippen LogP contribution in [0, 0.1) is 5.82 Å². The number of benzene rings is 1. The van der Waals surface area contributed by atoms with Gasteiger partial charge in [-0.1, -0.05) is 11.6 Å². The highest BCUT2D eigenvalue weighted by atomic mass is 35.5. The predicted molar refractivity (Wildman–Crippen MR) is 76.1 cm³/mol. The third-order valence-electron chi connectivity index (χ3n) is 3.97. The standard InChI is InChI=1S/C15H15ClFNO4/c1-15(8-21-9-4-5-10(16)11(17)7-9)14(20)18-6-2-3-12(18)13(19)22-15/h4-5,7,12H,2-3,6,8H2,1H3/t12?,15-/m1/s1. The molecule has 1 amide bonds. The second kappa shape index (κ2) is 5.43. The van der Waals surface area contributed by atoms with Gasteiger partial charge in [0.25, 0.3) is 5.91 Å². The average molecular weight is 328 g/mol. The zero-order valence-electron chi connectivity index (χ0n) is 12.0. The van der Waals surface area contributed by atoms with Gasteiger partial charge in [-0.05, 0) is 31.9 Å². The first-order valence-corrected chi connectivity index (χ1v) is 7.40. The Morgan fingerprint density at radius 2 is 2.27 bits per heavy atom. The van der Waals surface area contributed by atoms with Crippen LogP contribution in [0.25, 0.3) is 0 Å². The summed E-state index contributed by atoms with van der Waals surface area (Å²) in [5.74, 6) is -1.08. The zero-order chi connectivity index (χ0) is 15.9. The molecule has 0 saturated carbocycles. The minimum Gasteiger partial charge on any atom is -0.489 e. The van der Waals surface area contributed by atoms with Gasteiger partial charge in [-0.2, -0.15) is 0 Å². The number of hydrogen-bond acceptors (Lipinski definition) is 4. The molecule has 5 nitrogen and oxygen atoms in total. The van der Waals surface area contributed by atoms with Crippen LogP contribution in [0.4, 0.5) is 4.39 Å². The molecule has 0 N–H and O–H groups in total. The predicted octanol–water partition coefficient (Wildman–Crippen LogP) is 2.16. The normalized spacial score (nSPS) is 27.6. The summed E-state index contributed by atoms with van der Waals surface area (Å²) in [7, 11) is 0. The van der Waals surface area contributed by atoms with E-state index in [1.165, 1.54) is 24.0 Å². The summed E-state index contributed by atoms with van der Waals surface area (Å²) in [6.45, 7) is 1.87. The number of hydrogen-bond donors (Lipinski definition) is 0. The minimum atomic E-state index is -1.39. The van der Waals surface area contributed by atoms with E-state index in [2.05, 4.69) is 0 Å². The van der Waals surface area contributed by atoms with Crippen molar-refractivity contribution in [2.24, 2.45) is 0 Å². The third kappa shape index (κ3) is 2.52. The monoisotopic (exact) mass is 327 g/mol. The van der Waals surface area contributed by atoms with Crippen molar-refractivity contribution in [2.45, 2.75) is 31.4 Å². The molecule has 22 heavy (non-hydrogen) atoms. The van der Waals surface area contributed by atoms with Gasteiger partial charge in [-0.3, -0.25) is 4.79 Å². The molecule has 0 aliphatic carbocycles. The van der Waals surface area contributed by atoms with E-state index >= 15 is 0 Å². The number of halogens is 2. The van der Waals surface area contributed by atoms with Gasteiger partial charge >= 0.3 is 5.97 Å². The summed E-state index contributed by atoms with van der Waals surface area (Å²) >= 11 is 5.60. The van der Waals surface area contributed by atoms with E-state index in [9.17, 15) is 14.0 Å². The van der Waals surface area contributed by atoms with E-state index in [1.807, 2.05) is 0 Å². The Labute approximate surface area is 131 Å². The van der Waals surface area contributed by atoms with Crippen LogP contribution in [0.3, 0.4) is 0 Å². The maximum Gasteiger partial charge on any atom is 0.330 e. The van der Waals surface area contributed by atoms with Gasteiger partial charge < -0.3 is 14.4 Å². The van der Waals surface area contributed by atoms with Crippen molar-refractivity contribution in [1.29, 1.82) is 0 Å². The summed E-state index contributed by atoms with van der Waals surface area (Å²) in [6, 6.07) is 3.50. The molecule has 1 aromatic carbocycles. The molecule has 3 rings (SSSR count). The van der Waals surface area contributed by atoms with Gasteiger partial charge in [-0.25, -0.2) is 9.18 Å². The van der Waals surface area contributed by atoms with Crippen molar-refractivity contribution in [3.05, 3.63) is 29.0 Å². The molecular weight excluding hydrogens is 313 g/mol.